The van der Waals surface area contributed by atoms with Crippen LogP contribution in [0.5, 0.6) is 0 Å². The van der Waals surface area contributed by atoms with Crippen molar-refractivity contribution in [3.8, 4) is 0 Å². The van der Waals surface area contributed by atoms with Crippen LogP contribution in [0.4, 0.5) is 0 Å². The molecular weight excluding hydrogens is 322 g/mol. The lowest BCUT2D eigenvalue weighted by Crippen LogP contribution is -2.43. The number of aromatic amines is 1. The van der Waals surface area contributed by atoms with E-state index in [0.717, 1.165) is 12.8 Å². The topological polar surface area (TPSA) is 92.4 Å². The molecule has 132 valence electrons. The van der Waals surface area contributed by atoms with Gasteiger partial charge in [-0.3, -0.25) is 14.4 Å². The van der Waals surface area contributed by atoms with Gasteiger partial charge in [-0.1, -0.05) is 18.2 Å². The molecule has 0 radical (unpaired) electrons. The van der Waals surface area contributed by atoms with Gasteiger partial charge in [0.2, 0.25) is 5.91 Å². The first kappa shape index (κ1) is 17.1. The summed E-state index contributed by atoms with van der Waals surface area (Å²) in [6.07, 6.45) is 1.60. The van der Waals surface area contributed by atoms with Crippen molar-refractivity contribution in [1.82, 2.24) is 15.1 Å². The molecule has 0 bridgehead atoms. The minimum atomic E-state index is -0.271. The molecule has 1 aromatic heterocycles. The number of ether oxygens (including phenoxy) is 1. The lowest BCUT2D eigenvalue weighted by molar-refractivity contribution is -0.151. The number of hydrogen-bond donors (Lipinski definition) is 1. The molecule has 2 heterocycles. The molecule has 0 unspecified atom stereocenters. The smallest absolute Gasteiger partial charge is 0.310 e. The lowest BCUT2D eigenvalue weighted by Gasteiger charge is -2.31. The Morgan fingerprint density at radius 2 is 2.08 bits per heavy atom. The Labute approximate surface area is 145 Å². The summed E-state index contributed by atoms with van der Waals surface area (Å²) < 4.78 is 5.07. The van der Waals surface area contributed by atoms with Crippen molar-refractivity contribution in [1.29, 1.82) is 0 Å². The van der Waals surface area contributed by atoms with Crippen molar-refractivity contribution < 1.29 is 14.3 Å². The minimum absolute atomic E-state index is 0.0901. The minimum Gasteiger partial charge on any atom is -0.466 e. The van der Waals surface area contributed by atoms with Crippen LogP contribution in [0.1, 0.15) is 25.5 Å². The zero-order valence-electron chi connectivity index (χ0n) is 14.2. The number of piperidine rings is 1. The third-order valence-corrected chi connectivity index (χ3v) is 4.49. The number of amides is 1. The number of rotatable bonds is 4. The Kier molecular flexibility index (Phi) is 5.11. The maximum Gasteiger partial charge on any atom is 0.310 e. The second kappa shape index (κ2) is 7.46. The molecule has 3 rings (SSSR count). The van der Waals surface area contributed by atoms with E-state index < -0.39 is 0 Å². The van der Waals surface area contributed by atoms with Gasteiger partial charge < -0.3 is 9.64 Å². The number of carbonyl (C=O) groups is 2. The standard InChI is InChI=1S/C18H21N3O4/c1-2-25-18(24)12-6-5-9-21(11-12)16(22)10-15-13-7-3-4-8-14(13)17(23)20-19-15/h3-4,7-8,12H,2,5-6,9-11H2,1H3,(H,20,23)/t12-/m1/s1. The van der Waals surface area contributed by atoms with Crippen LogP contribution in [0.3, 0.4) is 0 Å². The summed E-state index contributed by atoms with van der Waals surface area (Å²) >= 11 is 0. The summed E-state index contributed by atoms with van der Waals surface area (Å²) in [6.45, 7) is 3.11. The van der Waals surface area contributed by atoms with Crippen molar-refractivity contribution in [3.05, 3.63) is 40.3 Å². The molecule has 1 aliphatic heterocycles. The molecule has 7 nitrogen and oxygen atoms in total. The maximum atomic E-state index is 12.7. The van der Waals surface area contributed by atoms with Crippen molar-refractivity contribution >= 4 is 22.6 Å². The summed E-state index contributed by atoms with van der Waals surface area (Å²) in [5.41, 5.74) is 0.269. The predicted molar refractivity (Wildman–Crippen MR) is 92.0 cm³/mol. The van der Waals surface area contributed by atoms with Crippen LogP contribution < -0.4 is 5.56 Å². The van der Waals surface area contributed by atoms with Gasteiger partial charge in [0, 0.05) is 18.5 Å². The van der Waals surface area contributed by atoms with Crippen LogP contribution in [0.25, 0.3) is 10.8 Å². The van der Waals surface area contributed by atoms with E-state index in [-0.39, 0.29) is 29.8 Å². The zero-order valence-corrected chi connectivity index (χ0v) is 14.2. The Morgan fingerprint density at radius 1 is 1.32 bits per heavy atom. The van der Waals surface area contributed by atoms with Crippen molar-refractivity contribution in [2.75, 3.05) is 19.7 Å². The van der Waals surface area contributed by atoms with Gasteiger partial charge in [-0.2, -0.15) is 5.10 Å². The van der Waals surface area contributed by atoms with Gasteiger partial charge in [0.25, 0.3) is 5.56 Å². The van der Waals surface area contributed by atoms with E-state index in [1.165, 1.54) is 0 Å². The van der Waals surface area contributed by atoms with Crippen LogP contribution in [-0.4, -0.2) is 46.7 Å². The van der Waals surface area contributed by atoms with Gasteiger partial charge in [-0.25, -0.2) is 5.10 Å². The largest absolute Gasteiger partial charge is 0.466 e. The number of nitrogens with zero attached hydrogens (tertiary/aromatic N) is 2. The molecular formula is C18H21N3O4. The number of carbonyl (C=O) groups excluding carboxylic acids is 2. The summed E-state index contributed by atoms with van der Waals surface area (Å²) in [7, 11) is 0. The lowest BCUT2D eigenvalue weighted by atomic mass is 9.97. The number of fused-ring (bicyclic) bond motifs is 1. The van der Waals surface area contributed by atoms with Crippen LogP contribution in [0.15, 0.2) is 29.1 Å². The molecule has 0 saturated carbocycles. The molecule has 2 aromatic rings. The Morgan fingerprint density at radius 3 is 2.84 bits per heavy atom. The summed E-state index contributed by atoms with van der Waals surface area (Å²) in [5.74, 6) is -0.607. The van der Waals surface area contributed by atoms with E-state index in [9.17, 15) is 14.4 Å². The second-order valence-electron chi connectivity index (χ2n) is 6.15. The monoisotopic (exact) mass is 343 g/mol. The van der Waals surface area contributed by atoms with Crippen molar-refractivity contribution in [2.45, 2.75) is 26.2 Å². The highest BCUT2D eigenvalue weighted by Crippen LogP contribution is 2.20. The molecule has 1 aromatic carbocycles. The molecule has 1 aliphatic rings. The first-order chi connectivity index (χ1) is 12.1. The number of hydrogen-bond acceptors (Lipinski definition) is 5. The van der Waals surface area contributed by atoms with Crippen molar-refractivity contribution in [2.24, 2.45) is 5.92 Å². The number of nitrogens with one attached hydrogen (secondary N) is 1. The highest BCUT2D eigenvalue weighted by atomic mass is 16.5. The number of esters is 1. The van der Waals surface area contributed by atoms with E-state index >= 15 is 0 Å². The first-order valence-electron chi connectivity index (χ1n) is 8.51. The molecule has 7 heteroatoms. The number of H-pyrrole nitrogens is 1. The van der Waals surface area contributed by atoms with Gasteiger partial charge in [-0.05, 0) is 25.8 Å². The quantitative estimate of drug-likeness (QED) is 0.844. The molecule has 0 spiro atoms. The second-order valence-corrected chi connectivity index (χ2v) is 6.15. The van der Waals surface area contributed by atoms with E-state index in [4.69, 9.17) is 4.74 Å². The van der Waals surface area contributed by atoms with E-state index in [2.05, 4.69) is 10.2 Å². The van der Waals surface area contributed by atoms with Crippen LogP contribution in [-0.2, 0) is 20.7 Å². The third-order valence-electron chi connectivity index (χ3n) is 4.49. The Balaban J connectivity index is 1.75. The fourth-order valence-corrected chi connectivity index (χ4v) is 3.22. The molecule has 25 heavy (non-hydrogen) atoms. The number of aromatic nitrogens is 2. The zero-order chi connectivity index (χ0) is 17.8. The Bertz CT molecular complexity index is 846. The SMILES string of the molecule is CCOC(=O)[C@@H]1CCCN(C(=O)Cc2n[nH]c(=O)c3ccccc23)C1. The van der Waals surface area contributed by atoms with Gasteiger partial charge in [0.05, 0.1) is 30.0 Å². The van der Waals surface area contributed by atoms with E-state index in [0.29, 0.717) is 36.2 Å². The molecule has 1 atom stereocenters. The first-order valence-corrected chi connectivity index (χ1v) is 8.51. The van der Waals surface area contributed by atoms with Gasteiger partial charge in [-0.15, -0.1) is 0 Å². The summed E-state index contributed by atoms with van der Waals surface area (Å²) in [5, 5.41) is 7.69. The van der Waals surface area contributed by atoms with E-state index in [1.807, 2.05) is 6.07 Å². The predicted octanol–water partition coefficient (Wildman–Crippen LogP) is 1.27. The molecule has 1 saturated heterocycles. The van der Waals surface area contributed by atoms with Gasteiger partial charge in [0.1, 0.15) is 0 Å². The van der Waals surface area contributed by atoms with Crippen LogP contribution >= 0.6 is 0 Å². The third kappa shape index (κ3) is 3.70. The van der Waals surface area contributed by atoms with E-state index in [1.54, 1.807) is 30.0 Å². The van der Waals surface area contributed by atoms with Gasteiger partial charge in [0.15, 0.2) is 0 Å². The maximum absolute atomic E-state index is 12.7. The number of benzene rings is 1. The Hall–Kier alpha value is -2.70. The summed E-state index contributed by atoms with van der Waals surface area (Å²) in [4.78, 5) is 38.1. The fraction of sp³-hybridized carbons (Fsp3) is 0.444. The van der Waals surface area contributed by atoms with Crippen LogP contribution in [0, 0.1) is 5.92 Å². The highest BCUT2D eigenvalue weighted by molar-refractivity contribution is 5.88. The normalized spacial score (nSPS) is 17.5. The number of likely N-dealkylation sites (tertiary alicyclic amines) is 1. The highest BCUT2D eigenvalue weighted by Gasteiger charge is 2.29. The molecule has 1 amide bonds. The van der Waals surface area contributed by atoms with Gasteiger partial charge >= 0.3 is 5.97 Å². The fourth-order valence-electron chi connectivity index (χ4n) is 3.22. The molecule has 1 fully saturated rings. The summed E-state index contributed by atoms with van der Waals surface area (Å²) in [6, 6.07) is 7.09. The van der Waals surface area contributed by atoms with Crippen molar-refractivity contribution in [3.63, 3.8) is 0 Å². The van der Waals surface area contributed by atoms with Crippen LogP contribution in [0.2, 0.25) is 0 Å². The average Bonchev–Trinajstić information content (AvgIpc) is 2.64. The molecule has 1 N–H and O–H groups in total. The molecule has 0 aliphatic carbocycles. The average molecular weight is 343 g/mol.